The van der Waals surface area contributed by atoms with Gasteiger partial charge in [0.25, 0.3) is 3.79 Å². The van der Waals surface area contributed by atoms with Gasteiger partial charge in [0, 0.05) is 13.2 Å². The van der Waals surface area contributed by atoms with Crippen molar-refractivity contribution in [2.75, 3.05) is 0 Å². The van der Waals surface area contributed by atoms with Crippen LogP contribution in [0.15, 0.2) is 12.3 Å². The number of Topliss-reactive ketones (excluding diaryl/α,β-unsaturated/α-hetero) is 1. The van der Waals surface area contributed by atoms with E-state index in [1.54, 1.807) is 13.2 Å². The van der Waals surface area contributed by atoms with Crippen LogP contribution < -0.4 is 0 Å². The summed E-state index contributed by atoms with van der Waals surface area (Å²) >= 11 is 21.9. The molecule has 0 fully saturated rings. The molecule has 2 nitrogen and oxygen atoms in total. The number of ketones is 1. The van der Waals surface area contributed by atoms with Gasteiger partial charge in [-0.25, -0.2) is 0 Å². The molecule has 0 aromatic carbocycles. The number of rotatable bonds is 1. The summed E-state index contributed by atoms with van der Waals surface area (Å²) in [6.45, 7) is 0. The Morgan fingerprint density at radius 1 is 1.46 bits per heavy atom. The SMILES string of the molecule is Cn1cc(Cl)cc1C(=O)C(Cl)(Cl)Cl. The van der Waals surface area contributed by atoms with Crippen LogP contribution in [0.25, 0.3) is 0 Å². The van der Waals surface area contributed by atoms with Gasteiger partial charge in [-0.3, -0.25) is 4.79 Å². The first-order valence-corrected chi connectivity index (χ1v) is 4.77. The molecule has 0 amide bonds. The lowest BCUT2D eigenvalue weighted by Crippen LogP contribution is -2.21. The van der Waals surface area contributed by atoms with Crippen LogP contribution in [0.5, 0.6) is 0 Å². The molecule has 0 bridgehead atoms. The first-order valence-electron chi connectivity index (χ1n) is 3.26. The number of hydrogen-bond donors (Lipinski definition) is 0. The van der Waals surface area contributed by atoms with E-state index in [0.717, 1.165) is 0 Å². The highest BCUT2D eigenvalue weighted by atomic mass is 35.6. The van der Waals surface area contributed by atoms with Gasteiger partial charge in [-0.05, 0) is 6.07 Å². The van der Waals surface area contributed by atoms with E-state index in [2.05, 4.69) is 0 Å². The Bertz CT molecular complexity index is 339. The first-order chi connectivity index (χ1) is 5.82. The van der Waals surface area contributed by atoms with E-state index in [1.807, 2.05) is 0 Å². The molecule has 1 aromatic heterocycles. The maximum Gasteiger partial charge on any atom is 0.255 e. The van der Waals surface area contributed by atoms with Crippen molar-refractivity contribution < 1.29 is 4.79 Å². The molecule has 0 N–H and O–H groups in total. The normalized spacial score (nSPS) is 11.8. The van der Waals surface area contributed by atoms with E-state index in [9.17, 15) is 4.79 Å². The molecular weight excluding hydrogens is 256 g/mol. The third kappa shape index (κ3) is 2.53. The molecule has 1 heterocycles. The molecule has 0 unspecified atom stereocenters. The molecule has 1 rings (SSSR count). The van der Waals surface area contributed by atoms with Crippen LogP contribution in [0, 0.1) is 0 Å². The maximum atomic E-state index is 11.4. The van der Waals surface area contributed by atoms with Crippen molar-refractivity contribution in [1.29, 1.82) is 0 Å². The van der Waals surface area contributed by atoms with Crippen molar-refractivity contribution in [1.82, 2.24) is 4.57 Å². The lowest BCUT2D eigenvalue weighted by molar-refractivity contribution is 0.0988. The van der Waals surface area contributed by atoms with Gasteiger partial charge < -0.3 is 4.57 Å². The van der Waals surface area contributed by atoms with Crippen molar-refractivity contribution in [2.45, 2.75) is 3.79 Å². The number of halogens is 4. The molecule has 72 valence electrons. The smallest absolute Gasteiger partial charge is 0.255 e. The number of carbonyl (C=O) groups excluding carboxylic acids is 1. The van der Waals surface area contributed by atoms with Gasteiger partial charge in [-0.1, -0.05) is 46.4 Å². The monoisotopic (exact) mass is 259 g/mol. The number of aryl methyl sites for hydroxylation is 1. The highest BCUT2D eigenvalue weighted by molar-refractivity contribution is 6.77. The number of nitrogens with zero attached hydrogens (tertiary/aromatic N) is 1. The van der Waals surface area contributed by atoms with Crippen LogP contribution in [0.4, 0.5) is 0 Å². The molecule has 6 heteroatoms. The standard InChI is InChI=1S/C7H5Cl4NO/c1-12-3-4(8)2-5(12)6(13)7(9,10)11/h2-3H,1H3. The van der Waals surface area contributed by atoms with E-state index in [0.29, 0.717) is 5.02 Å². The van der Waals surface area contributed by atoms with E-state index >= 15 is 0 Å². The lowest BCUT2D eigenvalue weighted by atomic mass is 10.3. The average Bonchev–Trinajstić information content (AvgIpc) is 2.26. The summed E-state index contributed by atoms with van der Waals surface area (Å²) in [6, 6.07) is 1.45. The molecule has 1 aromatic rings. The molecule has 0 radical (unpaired) electrons. The van der Waals surface area contributed by atoms with Gasteiger partial charge in [0.15, 0.2) is 0 Å². The second kappa shape index (κ2) is 3.70. The minimum atomic E-state index is -1.94. The predicted octanol–water partition coefficient (Wildman–Crippen LogP) is 3.23. The molecule has 0 spiro atoms. The molecule has 0 saturated carbocycles. The third-order valence-electron chi connectivity index (χ3n) is 1.46. The topological polar surface area (TPSA) is 22.0 Å². The summed E-state index contributed by atoms with van der Waals surface area (Å²) in [7, 11) is 1.65. The van der Waals surface area contributed by atoms with E-state index in [4.69, 9.17) is 46.4 Å². The summed E-state index contributed by atoms with van der Waals surface area (Å²) in [6.07, 6.45) is 1.56. The van der Waals surface area contributed by atoms with Gasteiger partial charge in [-0.2, -0.15) is 0 Å². The maximum absolute atomic E-state index is 11.4. The Morgan fingerprint density at radius 2 is 2.00 bits per heavy atom. The zero-order chi connectivity index (χ0) is 10.2. The van der Waals surface area contributed by atoms with E-state index < -0.39 is 9.58 Å². The summed E-state index contributed by atoms with van der Waals surface area (Å²) in [5.41, 5.74) is 0.269. The average molecular weight is 261 g/mol. The van der Waals surface area contributed by atoms with Crippen molar-refractivity contribution in [3.8, 4) is 0 Å². The van der Waals surface area contributed by atoms with Crippen molar-refractivity contribution in [3.05, 3.63) is 23.0 Å². The molecule has 13 heavy (non-hydrogen) atoms. The highest BCUT2D eigenvalue weighted by Gasteiger charge is 2.33. The summed E-state index contributed by atoms with van der Waals surface area (Å²) in [5.74, 6) is -0.591. The second-order valence-corrected chi connectivity index (χ2v) is 5.20. The molecule has 0 atom stereocenters. The van der Waals surface area contributed by atoms with Gasteiger partial charge in [0.1, 0.15) is 0 Å². The fourth-order valence-electron chi connectivity index (χ4n) is 0.895. The minimum Gasteiger partial charge on any atom is -0.347 e. The summed E-state index contributed by atoms with van der Waals surface area (Å²) in [4.78, 5) is 11.4. The lowest BCUT2D eigenvalue weighted by Gasteiger charge is -2.09. The zero-order valence-electron chi connectivity index (χ0n) is 6.52. The minimum absolute atomic E-state index is 0.269. The Kier molecular flexibility index (Phi) is 3.18. The van der Waals surface area contributed by atoms with Crippen molar-refractivity contribution in [2.24, 2.45) is 7.05 Å². The fraction of sp³-hybridized carbons (Fsp3) is 0.286. The summed E-state index contributed by atoms with van der Waals surface area (Å²) < 4.78 is -0.429. The van der Waals surface area contributed by atoms with E-state index in [1.165, 1.54) is 10.6 Å². The molecule has 0 aliphatic heterocycles. The summed E-state index contributed by atoms with van der Waals surface area (Å²) in [5, 5.41) is 0.431. The quantitative estimate of drug-likeness (QED) is 0.561. The van der Waals surface area contributed by atoms with Crippen LogP contribution in [-0.2, 0) is 7.05 Å². The fourth-order valence-corrected chi connectivity index (χ4v) is 1.44. The first kappa shape index (κ1) is 11.2. The second-order valence-electron chi connectivity index (χ2n) is 2.48. The molecule has 0 aliphatic rings. The van der Waals surface area contributed by atoms with Crippen LogP contribution in [-0.4, -0.2) is 14.1 Å². The van der Waals surface area contributed by atoms with Gasteiger partial charge in [0.05, 0.1) is 10.7 Å². The number of aromatic nitrogens is 1. The van der Waals surface area contributed by atoms with Gasteiger partial charge >= 0.3 is 0 Å². The van der Waals surface area contributed by atoms with Crippen LogP contribution in [0.3, 0.4) is 0 Å². The largest absolute Gasteiger partial charge is 0.347 e. The zero-order valence-corrected chi connectivity index (χ0v) is 9.55. The number of carbonyl (C=O) groups is 1. The van der Waals surface area contributed by atoms with Crippen LogP contribution >= 0.6 is 46.4 Å². The van der Waals surface area contributed by atoms with Crippen LogP contribution in [0.1, 0.15) is 10.5 Å². The van der Waals surface area contributed by atoms with Crippen molar-refractivity contribution in [3.63, 3.8) is 0 Å². The molecule has 0 aliphatic carbocycles. The van der Waals surface area contributed by atoms with Gasteiger partial charge in [-0.15, -0.1) is 0 Å². The Balaban J connectivity index is 3.09. The molecular formula is C7H5Cl4NO. The third-order valence-corrected chi connectivity index (χ3v) is 2.18. The van der Waals surface area contributed by atoms with Crippen molar-refractivity contribution >= 4 is 52.2 Å². The Hall–Kier alpha value is 0.110. The van der Waals surface area contributed by atoms with Crippen LogP contribution in [0.2, 0.25) is 5.02 Å². The number of hydrogen-bond acceptors (Lipinski definition) is 1. The van der Waals surface area contributed by atoms with E-state index in [-0.39, 0.29) is 5.69 Å². The molecule has 0 saturated heterocycles. The Labute approximate surface area is 95.3 Å². The Morgan fingerprint density at radius 3 is 2.31 bits per heavy atom. The number of alkyl halides is 3. The highest BCUT2D eigenvalue weighted by Crippen LogP contribution is 2.31. The predicted molar refractivity (Wildman–Crippen MR) is 55.0 cm³/mol. The van der Waals surface area contributed by atoms with Gasteiger partial charge in [0.2, 0.25) is 5.78 Å².